The number of nitrogens with one attached hydrogen (secondary N) is 1. The fraction of sp³-hybridized carbons (Fsp3) is 0.846. The maximum absolute atomic E-state index is 5.89. The summed E-state index contributed by atoms with van der Waals surface area (Å²) in [7, 11) is 0. The third-order valence-electron chi connectivity index (χ3n) is 3.61. The van der Waals surface area contributed by atoms with Crippen LogP contribution in [-0.4, -0.2) is 37.5 Å². The molecule has 2 fully saturated rings. The molecule has 0 radical (unpaired) electrons. The van der Waals surface area contributed by atoms with E-state index in [9.17, 15) is 0 Å². The van der Waals surface area contributed by atoms with Gasteiger partial charge in [0, 0.05) is 25.7 Å². The molecule has 0 bridgehead atoms. The Labute approximate surface area is 97.9 Å². The highest BCUT2D eigenvalue weighted by Gasteiger charge is 2.41. The number of rotatable bonds is 3. The van der Waals surface area contributed by atoms with Gasteiger partial charge >= 0.3 is 0 Å². The fourth-order valence-corrected chi connectivity index (χ4v) is 2.60. The zero-order valence-corrected chi connectivity index (χ0v) is 10.00. The SMILES string of the molecule is C#CC(CC)NC1CCOC2(CCOC2)C1. The molecule has 3 atom stereocenters. The zero-order chi connectivity index (χ0) is 11.4. The van der Waals surface area contributed by atoms with Crippen molar-refractivity contribution in [1.82, 2.24) is 5.32 Å². The molecular formula is C13H21NO2. The summed E-state index contributed by atoms with van der Waals surface area (Å²) in [5, 5.41) is 3.53. The van der Waals surface area contributed by atoms with Crippen LogP contribution in [0.1, 0.15) is 32.6 Å². The molecular weight excluding hydrogens is 202 g/mol. The molecule has 16 heavy (non-hydrogen) atoms. The Bertz CT molecular complexity index is 266. The van der Waals surface area contributed by atoms with Gasteiger partial charge in [0.25, 0.3) is 0 Å². The zero-order valence-electron chi connectivity index (χ0n) is 10.00. The molecule has 0 saturated carbocycles. The van der Waals surface area contributed by atoms with Crippen molar-refractivity contribution in [2.45, 2.75) is 50.3 Å². The van der Waals surface area contributed by atoms with E-state index in [1.54, 1.807) is 0 Å². The molecule has 0 aromatic heterocycles. The quantitative estimate of drug-likeness (QED) is 0.732. The number of ether oxygens (including phenoxy) is 2. The predicted octanol–water partition coefficient (Wildman–Crippen LogP) is 1.33. The summed E-state index contributed by atoms with van der Waals surface area (Å²) in [6.07, 6.45) is 9.57. The molecule has 2 heterocycles. The molecule has 2 rings (SSSR count). The Hall–Kier alpha value is -0.560. The van der Waals surface area contributed by atoms with Crippen LogP contribution in [-0.2, 0) is 9.47 Å². The van der Waals surface area contributed by atoms with Crippen LogP contribution in [0, 0.1) is 12.3 Å². The van der Waals surface area contributed by atoms with E-state index < -0.39 is 0 Å². The standard InChI is InChI=1S/C13H21NO2/c1-3-11(4-2)14-12-5-7-16-13(9-12)6-8-15-10-13/h1,11-12,14H,4-10H2,2H3. The van der Waals surface area contributed by atoms with E-state index in [2.05, 4.69) is 18.2 Å². The van der Waals surface area contributed by atoms with Gasteiger partial charge in [-0.05, 0) is 19.3 Å². The lowest BCUT2D eigenvalue weighted by Gasteiger charge is -2.38. The van der Waals surface area contributed by atoms with Crippen molar-refractivity contribution in [1.29, 1.82) is 0 Å². The maximum atomic E-state index is 5.89. The van der Waals surface area contributed by atoms with Crippen molar-refractivity contribution in [2.24, 2.45) is 0 Å². The Morgan fingerprint density at radius 2 is 2.44 bits per heavy atom. The maximum Gasteiger partial charge on any atom is 0.0951 e. The molecule has 2 aliphatic rings. The van der Waals surface area contributed by atoms with Crippen LogP contribution < -0.4 is 5.32 Å². The summed E-state index contributed by atoms with van der Waals surface area (Å²) < 4.78 is 11.3. The number of hydrogen-bond donors (Lipinski definition) is 1. The highest BCUT2D eigenvalue weighted by atomic mass is 16.6. The molecule has 3 unspecified atom stereocenters. The van der Waals surface area contributed by atoms with Crippen LogP contribution in [0.2, 0.25) is 0 Å². The van der Waals surface area contributed by atoms with Crippen LogP contribution >= 0.6 is 0 Å². The van der Waals surface area contributed by atoms with E-state index in [-0.39, 0.29) is 11.6 Å². The molecule has 90 valence electrons. The van der Waals surface area contributed by atoms with Crippen molar-refractivity contribution < 1.29 is 9.47 Å². The third kappa shape index (κ3) is 2.57. The van der Waals surface area contributed by atoms with Crippen LogP contribution in [0.25, 0.3) is 0 Å². The summed E-state index contributed by atoms with van der Waals surface area (Å²) in [6, 6.07) is 0.680. The monoisotopic (exact) mass is 223 g/mol. The van der Waals surface area contributed by atoms with Gasteiger partial charge in [-0.15, -0.1) is 6.42 Å². The van der Waals surface area contributed by atoms with Crippen molar-refractivity contribution in [3.8, 4) is 12.3 Å². The molecule has 2 saturated heterocycles. The Balaban J connectivity index is 1.89. The minimum absolute atomic E-state index is 0.0250. The molecule has 0 amide bonds. The highest BCUT2D eigenvalue weighted by molar-refractivity contribution is 5.01. The second kappa shape index (κ2) is 5.18. The fourth-order valence-electron chi connectivity index (χ4n) is 2.60. The van der Waals surface area contributed by atoms with E-state index >= 15 is 0 Å². The van der Waals surface area contributed by atoms with Crippen LogP contribution in [0.15, 0.2) is 0 Å². The van der Waals surface area contributed by atoms with Gasteiger partial charge < -0.3 is 14.8 Å². The van der Waals surface area contributed by atoms with E-state index in [1.165, 1.54) is 0 Å². The molecule has 1 spiro atoms. The van der Waals surface area contributed by atoms with Crippen LogP contribution in [0.3, 0.4) is 0 Å². The first-order valence-corrected chi connectivity index (χ1v) is 6.22. The predicted molar refractivity (Wildman–Crippen MR) is 63.2 cm³/mol. The van der Waals surface area contributed by atoms with Crippen molar-refractivity contribution in [3.05, 3.63) is 0 Å². The Kier molecular flexibility index (Phi) is 3.86. The number of terminal acetylenes is 1. The molecule has 1 N–H and O–H groups in total. The molecule has 3 heteroatoms. The smallest absolute Gasteiger partial charge is 0.0951 e. The average Bonchev–Trinajstić information content (AvgIpc) is 2.74. The Morgan fingerprint density at radius 1 is 1.56 bits per heavy atom. The Morgan fingerprint density at radius 3 is 3.06 bits per heavy atom. The van der Waals surface area contributed by atoms with E-state index in [0.717, 1.165) is 45.5 Å². The summed E-state index contributed by atoms with van der Waals surface area (Å²) in [5.41, 5.74) is -0.0250. The van der Waals surface area contributed by atoms with E-state index in [1.807, 2.05) is 0 Å². The molecule has 0 aromatic carbocycles. The van der Waals surface area contributed by atoms with Gasteiger partial charge in [0.2, 0.25) is 0 Å². The number of hydrogen-bond acceptors (Lipinski definition) is 3. The van der Waals surface area contributed by atoms with Gasteiger partial charge in [0.05, 0.1) is 18.2 Å². The third-order valence-corrected chi connectivity index (χ3v) is 3.61. The largest absolute Gasteiger partial charge is 0.378 e. The average molecular weight is 223 g/mol. The summed E-state index contributed by atoms with van der Waals surface area (Å²) in [4.78, 5) is 0. The minimum atomic E-state index is -0.0250. The van der Waals surface area contributed by atoms with Crippen molar-refractivity contribution in [2.75, 3.05) is 19.8 Å². The van der Waals surface area contributed by atoms with E-state index in [4.69, 9.17) is 15.9 Å². The topological polar surface area (TPSA) is 30.5 Å². The van der Waals surface area contributed by atoms with Crippen LogP contribution in [0.5, 0.6) is 0 Å². The lowest BCUT2D eigenvalue weighted by atomic mass is 9.89. The van der Waals surface area contributed by atoms with Gasteiger partial charge in [0.15, 0.2) is 0 Å². The second-order valence-electron chi connectivity index (χ2n) is 4.82. The summed E-state index contributed by atoms with van der Waals surface area (Å²) >= 11 is 0. The molecule has 0 aliphatic carbocycles. The first-order chi connectivity index (χ1) is 7.78. The summed E-state index contributed by atoms with van der Waals surface area (Å²) in [5.74, 6) is 2.79. The van der Waals surface area contributed by atoms with E-state index in [0.29, 0.717) is 6.04 Å². The lowest BCUT2D eigenvalue weighted by molar-refractivity contribution is -0.0898. The minimum Gasteiger partial charge on any atom is -0.378 e. The molecule has 3 nitrogen and oxygen atoms in total. The van der Waals surface area contributed by atoms with Gasteiger partial charge in [0.1, 0.15) is 0 Å². The van der Waals surface area contributed by atoms with Crippen LogP contribution in [0.4, 0.5) is 0 Å². The lowest BCUT2D eigenvalue weighted by Crippen LogP contribution is -2.49. The second-order valence-corrected chi connectivity index (χ2v) is 4.82. The first-order valence-electron chi connectivity index (χ1n) is 6.22. The summed E-state index contributed by atoms with van der Waals surface area (Å²) in [6.45, 7) is 4.52. The molecule has 0 aromatic rings. The van der Waals surface area contributed by atoms with Gasteiger partial charge in [-0.25, -0.2) is 0 Å². The molecule has 2 aliphatic heterocycles. The van der Waals surface area contributed by atoms with Gasteiger partial charge in [-0.1, -0.05) is 12.8 Å². The normalized spacial score (nSPS) is 36.1. The van der Waals surface area contributed by atoms with Crippen molar-refractivity contribution >= 4 is 0 Å². The van der Waals surface area contributed by atoms with Gasteiger partial charge in [-0.2, -0.15) is 0 Å². The highest BCUT2D eigenvalue weighted by Crippen LogP contribution is 2.32. The van der Waals surface area contributed by atoms with Gasteiger partial charge in [-0.3, -0.25) is 0 Å². The first kappa shape index (κ1) is 11.9. The van der Waals surface area contributed by atoms with Crippen molar-refractivity contribution in [3.63, 3.8) is 0 Å².